The van der Waals surface area contributed by atoms with Crippen LogP contribution < -0.4 is 20.5 Å². The van der Waals surface area contributed by atoms with E-state index in [1.165, 1.54) is 24.9 Å². The molecule has 274 valence electrons. The van der Waals surface area contributed by atoms with Crippen LogP contribution in [0.5, 0.6) is 11.5 Å². The highest BCUT2D eigenvalue weighted by molar-refractivity contribution is 5.67. The molecule has 5 rings (SSSR count). The molecule has 0 spiro atoms. The number of hydrogen-bond donors (Lipinski definition) is 2. The Labute approximate surface area is 300 Å². The summed E-state index contributed by atoms with van der Waals surface area (Å²) < 4.78 is 16.9. The molecule has 3 aromatic carbocycles. The normalized spacial score (nSPS) is 17.8. The van der Waals surface area contributed by atoms with E-state index in [-0.39, 0.29) is 6.61 Å². The van der Waals surface area contributed by atoms with Crippen molar-refractivity contribution >= 4 is 6.09 Å². The van der Waals surface area contributed by atoms with E-state index in [1.54, 1.807) is 0 Å². The molecule has 0 bridgehead atoms. The van der Waals surface area contributed by atoms with Gasteiger partial charge in [0.25, 0.3) is 0 Å². The van der Waals surface area contributed by atoms with E-state index in [2.05, 4.69) is 65.2 Å². The number of nitrogens with one attached hydrogen (secondary N) is 1. The molecular weight excluding hydrogens is 628 g/mol. The number of likely N-dealkylation sites (tertiary alicyclic amines) is 2. The predicted octanol–water partition coefficient (Wildman–Crippen LogP) is 4.37. The maximum Gasteiger partial charge on any atom is 0.407 e. The van der Waals surface area contributed by atoms with E-state index in [9.17, 15) is 4.79 Å². The quantitative estimate of drug-likeness (QED) is 0.215. The lowest BCUT2D eigenvalue weighted by atomic mass is 10.1. The lowest BCUT2D eigenvalue weighted by Gasteiger charge is -2.20. The highest BCUT2D eigenvalue weighted by Gasteiger charge is 2.24. The number of hydrogen-bond acceptors (Lipinski definition) is 9. The summed E-state index contributed by atoms with van der Waals surface area (Å²) in [7, 11) is 8.62. The second-order valence-corrected chi connectivity index (χ2v) is 13.7. The summed E-state index contributed by atoms with van der Waals surface area (Å²) in [5, 5.41) is 2.79. The number of benzene rings is 3. The van der Waals surface area contributed by atoms with Crippen molar-refractivity contribution in [1.82, 2.24) is 24.9 Å². The van der Waals surface area contributed by atoms with Gasteiger partial charge in [0.1, 0.15) is 31.3 Å². The average Bonchev–Trinajstić information content (AvgIpc) is 3.81. The lowest BCUT2D eigenvalue weighted by Crippen LogP contribution is -2.33. The molecule has 0 saturated carbocycles. The molecule has 3 N–H and O–H groups in total. The first-order chi connectivity index (χ1) is 24.3. The highest BCUT2D eigenvalue weighted by atomic mass is 16.5. The molecule has 10 nitrogen and oxygen atoms in total. The van der Waals surface area contributed by atoms with Crippen LogP contribution in [0.4, 0.5) is 4.79 Å². The third-order valence-electron chi connectivity index (χ3n) is 9.48. The van der Waals surface area contributed by atoms with E-state index in [1.807, 2.05) is 66.7 Å². The van der Waals surface area contributed by atoms with Gasteiger partial charge >= 0.3 is 6.09 Å². The van der Waals surface area contributed by atoms with Gasteiger partial charge in [0.05, 0.1) is 0 Å². The van der Waals surface area contributed by atoms with Gasteiger partial charge < -0.3 is 35.1 Å². The van der Waals surface area contributed by atoms with Crippen LogP contribution in [0.15, 0.2) is 78.9 Å². The van der Waals surface area contributed by atoms with Gasteiger partial charge in [-0.3, -0.25) is 9.80 Å². The van der Waals surface area contributed by atoms with Crippen molar-refractivity contribution < 1.29 is 19.0 Å². The van der Waals surface area contributed by atoms with Crippen LogP contribution in [0.25, 0.3) is 0 Å². The van der Waals surface area contributed by atoms with Crippen molar-refractivity contribution in [1.29, 1.82) is 0 Å². The fourth-order valence-electron chi connectivity index (χ4n) is 6.21. The molecule has 2 fully saturated rings. The maximum absolute atomic E-state index is 11.8. The Morgan fingerprint density at radius 2 is 1.22 bits per heavy atom. The van der Waals surface area contributed by atoms with E-state index in [0.29, 0.717) is 31.8 Å². The van der Waals surface area contributed by atoms with Gasteiger partial charge in [0.2, 0.25) is 0 Å². The Kier molecular flexibility index (Phi) is 16.8. The number of alkyl carbamates (subject to hydrolysis) is 1. The Balaban J connectivity index is 0.000000244. The number of ether oxygens (including phenoxy) is 3. The first-order valence-electron chi connectivity index (χ1n) is 18.1. The minimum absolute atomic E-state index is 0.284. The number of nitrogens with two attached hydrogens (primary N) is 1. The van der Waals surface area contributed by atoms with Crippen molar-refractivity contribution in [3.8, 4) is 11.5 Å². The summed E-state index contributed by atoms with van der Waals surface area (Å²) in [6.07, 6.45) is 3.79. The monoisotopic (exact) mass is 688 g/mol. The van der Waals surface area contributed by atoms with E-state index in [4.69, 9.17) is 19.9 Å². The summed E-state index contributed by atoms with van der Waals surface area (Å²) in [5.41, 5.74) is 8.94. The van der Waals surface area contributed by atoms with Crippen molar-refractivity contribution in [3.63, 3.8) is 0 Å². The Morgan fingerprint density at radius 1 is 0.720 bits per heavy atom. The molecule has 50 heavy (non-hydrogen) atoms. The Morgan fingerprint density at radius 3 is 1.68 bits per heavy atom. The van der Waals surface area contributed by atoms with Crippen molar-refractivity contribution in [2.45, 2.75) is 44.4 Å². The molecule has 0 aliphatic carbocycles. The fourth-order valence-corrected chi connectivity index (χ4v) is 6.21. The lowest BCUT2D eigenvalue weighted by molar-refractivity contribution is 0.140. The van der Waals surface area contributed by atoms with Crippen LogP contribution in [-0.4, -0.2) is 132 Å². The molecule has 2 heterocycles. The van der Waals surface area contributed by atoms with Crippen LogP contribution in [0.1, 0.15) is 29.5 Å². The van der Waals surface area contributed by atoms with Crippen LogP contribution in [0.2, 0.25) is 0 Å². The minimum Gasteiger partial charge on any atom is -0.492 e. The first-order valence-corrected chi connectivity index (χ1v) is 18.1. The largest absolute Gasteiger partial charge is 0.492 e. The third kappa shape index (κ3) is 14.3. The fraction of sp³-hybridized carbons (Fsp3) is 0.525. The number of carbonyl (C=O) groups is 1. The summed E-state index contributed by atoms with van der Waals surface area (Å²) in [5.74, 6) is 1.84. The maximum atomic E-state index is 11.8. The molecular formula is C40H60N6O4. The van der Waals surface area contributed by atoms with Gasteiger partial charge in [-0.25, -0.2) is 4.79 Å². The number of rotatable bonds is 17. The molecule has 0 radical (unpaired) electrons. The van der Waals surface area contributed by atoms with Gasteiger partial charge in [-0.05, 0) is 114 Å². The summed E-state index contributed by atoms with van der Waals surface area (Å²) >= 11 is 0. The van der Waals surface area contributed by atoms with Crippen molar-refractivity contribution in [2.24, 2.45) is 5.73 Å². The first kappa shape index (κ1) is 39.1. The number of nitrogens with zero attached hydrogens (tertiary/aromatic N) is 4. The standard InChI is InChI=1S/C24H33N3O3.C16H27N3O/c1-26(2)22-13-15-27(18-22)16-17-29-23-10-8-20(9-11-23)12-14-25-24(28)30-19-21-6-4-3-5-7-21;1-18(2)15-8-10-19(13-15)11-12-20-16-5-3-14(4-6-16)7-9-17/h3-11,22H,12-19H2,1-2H3,(H,25,28);3-6,15H,7-13,17H2,1-2H3/t22-;15-/m00/s1. The minimum atomic E-state index is -0.391. The summed E-state index contributed by atoms with van der Waals surface area (Å²) in [4.78, 5) is 21.3. The molecule has 0 aromatic heterocycles. The molecule has 2 atom stereocenters. The second kappa shape index (κ2) is 21.5. The van der Waals surface area contributed by atoms with Crippen LogP contribution in [0.3, 0.4) is 0 Å². The Hall–Kier alpha value is -3.67. The van der Waals surface area contributed by atoms with E-state index in [0.717, 1.165) is 74.8 Å². The number of carbonyl (C=O) groups excluding carboxylic acids is 1. The van der Waals surface area contributed by atoms with Crippen LogP contribution in [0, 0.1) is 0 Å². The summed E-state index contributed by atoms with van der Waals surface area (Å²) in [6, 6.07) is 27.4. The summed E-state index contributed by atoms with van der Waals surface area (Å²) in [6.45, 7) is 9.56. The van der Waals surface area contributed by atoms with Crippen LogP contribution >= 0.6 is 0 Å². The molecule has 0 unspecified atom stereocenters. The van der Waals surface area contributed by atoms with Crippen molar-refractivity contribution in [3.05, 3.63) is 95.6 Å². The topological polar surface area (TPSA) is 95.8 Å². The average molecular weight is 689 g/mol. The zero-order valence-electron chi connectivity index (χ0n) is 30.8. The van der Waals surface area contributed by atoms with E-state index < -0.39 is 6.09 Å². The van der Waals surface area contributed by atoms with Crippen molar-refractivity contribution in [2.75, 3.05) is 93.8 Å². The smallest absolute Gasteiger partial charge is 0.407 e. The SMILES string of the molecule is CN(C)[C@H]1CCN(CCOc2ccc(CCN)cc2)C1.CN(C)[C@H]1CCN(CCOc2ccc(CCNC(=O)OCc3ccccc3)cc2)C1. The highest BCUT2D eigenvalue weighted by Crippen LogP contribution is 2.16. The van der Waals surface area contributed by atoms with E-state index >= 15 is 0 Å². The number of likely N-dealkylation sites (N-methyl/N-ethyl adjacent to an activating group) is 2. The molecule has 2 aliphatic rings. The molecule has 2 aliphatic heterocycles. The predicted molar refractivity (Wildman–Crippen MR) is 202 cm³/mol. The molecule has 1 amide bonds. The van der Waals surface area contributed by atoms with Gasteiger partial charge in [-0.2, -0.15) is 0 Å². The van der Waals surface area contributed by atoms with Gasteiger partial charge in [-0.1, -0.05) is 54.6 Å². The second-order valence-electron chi connectivity index (χ2n) is 13.7. The van der Waals surface area contributed by atoms with Crippen LogP contribution in [-0.2, 0) is 24.2 Å². The zero-order chi connectivity index (χ0) is 35.6. The van der Waals surface area contributed by atoms with Gasteiger partial charge in [0, 0.05) is 44.8 Å². The van der Waals surface area contributed by atoms with Gasteiger partial charge in [0.15, 0.2) is 0 Å². The Bertz CT molecular complexity index is 1360. The third-order valence-corrected chi connectivity index (χ3v) is 9.48. The molecule has 2 saturated heterocycles. The molecule has 3 aromatic rings. The number of amides is 1. The van der Waals surface area contributed by atoms with Gasteiger partial charge in [-0.15, -0.1) is 0 Å². The molecule has 10 heteroatoms. The zero-order valence-corrected chi connectivity index (χ0v) is 30.8.